The molecular formula is C28H26N2. The SMILES string of the molecule is c1ccc(C[C@@H](N=N[C@H](Cc2ccccc2)c2ccccc2)c2ccccc2)cc1. The van der Waals surface area contributed by atoms with Gasteiger partial charge in [-0.1, -0.05) is 121 Å². The van der Waals surface area contributed by atoms with Gasteiger partial charge in [0.15, 0.2) is 0 Å². The van der Waals surface area contributed by atoms with Crippen molar-refractivity contribution in [2.45, 2.75) is 24.9 Å². The first-order chi connectivity index (χ1) is 14.9. The summed E-state index contributed by atoms with van der Waals surface area (Å²) in [6.45, 7) is 0. The molecule has 2 nitrogen and oxygen atoms in total. The Morgan fingerprint density at radius 3 is 1.03 bits per heavy atom. The largest absolute Gasteiger partial charge is 0.185 e. The van der Waals surface area contributed by atoms with Gasteiger partial charge < -0.3 is 0 Å². The van der Waals surface area contributed by atoms with Gasteiger partial charge in [-0.2, -0.15) is 10.2 Å². The quantitative estimate of drug-likeness (QED) is 0.280. The van der Waals surface area contributed by atoms with Gasteiger partial charge in [-0.05, 0) is 22.3 Å². The molecule has 0 amide bonds. The number of hydrogen-bond acceptors (Lipinski definition) is 2. The van der Waals surface area contributed by atoms with E-state index in [1.54, 1.807) is 0 Å². The number of hydrogen-bond donors (Lipinski definition) is 0. The molecule has 2 heteroatoms. The van der Waals surface area contributed by atoms with Gasteiger partial charge in [-0.3, -0.25) is 0 Å². The summed E-state index contributed by atoms with van der Waals surface area (Å²) in [5.41, 5.74) is 4.92. The van der Waals surface area contributed by atoms with E-state index in [0.29, 0.717) is 0 Å². The fourth-order valence-corrected chi connectivity index (χ4v) is 3.64. The summed E-state index contributed by atoms with van der Waals surface area (Å²) >= 11 is 0. The zero-order chi connectivity index (χ0) is 20.4. The molecule has 4 aromatic carbocycles. The molecule has 148 valence electrons. The van der Waals surface area contributed by atoms with Crippen molar-refractivity contribution >= 4 is 0 Å². The minimum absolute atomic E-state index is 0.00409. The average molecular weight is 391 g/mol. The third kappa shape index (κ3) is 5.51. The summed E-state index contributed by atoms with van der Waals surface area (Å²) in [7, 11) is 0. The minimum atomic E-state index is -0.00409. The Hall–Kier alpha value is -3.52. The highest BCUT2D eigenvalue weighted by Crippen LogP contribution is 2.28. The average Bonchev–Trinajstić information content (AvgIpc) is 2.83. The van der Waals surface area contributed by atoms with E-state index in [0.717, 1.165) is 12.8 Å². The fraction of sp³-hybridized carbons (Fsp3) is 0.143. The molecule has 0 spiro atoms. The van der Waals surface area contributed by atoms with Crippen molar-refractivity contribution in [2.75, 3.05) is 0 Å². The maximum atomic E-state index is 4.89. The van der Waals surface area contributed by atoms with Gasteiger partial charge in [0.25, 0.3) is 0 Å². The highest BCUT2D eigenvalue weighted by atomic mass is 15.1. The van der Waals surface area contributed by atoms with Crippen molar-refractivity contribution in [1.29, 1.82) is 0 Å². The highest BCUT2D eigenvalue weighted by Gasteiger charge is 2.15. The topological polar surface area (TPSA) is 24.7 Å². The van der Waals surface area contributed by atoms with Crippen LogP contribution in [0.3, 0.4) is 0 Å². The molecule has 0 aliphatic rings. The van der Waals surface area contributed by atoms with Crippen LogP contribution in [-0.4, -0.2) is 0 Å². The van der Waals surface area contributed by atoms with Crippen molar-refractivity contribution in [2.24, 2.45) is 10.2 Å². The van der Waals surface area contributed by atoms with Gasteiger partial charge in [0.2, 0.25) is 0 Å². The molecule has 4 aromatic rings. The summed E-state index contributed by atoms with van der Waals surface area (Å²) in [5, 5.41) is 9.77. The lowest BCUT2D eigenvalue weighted by atomic mass is 9.99. The van der Waals surface area contributed by atoms with Gasteiger partial charge in [-0.25, -0.2) is 0 Å². The Labute approximate surface area is 179 Å². The van der Waals surface area contributed by atoms with E-state index >= 15 is 0 Å². The van der Waals surface area contributed by atoms with Crippen molar-refractivity contribution < 1.29 is 0 Å². The first kappa shape index (κ1) is 19.8. The van der Waals surface area contributed by atoms with Crippen LogP contribution in [0.5, 0.6) is 0 Å². The molecule has 0 aliphatic heterocycles. The van der Waals surface area contributed by atoms with Crippen molar-refractivity contribution in [1.82, 2.24) is 0 Å². The second-order valence-corrected chi connectivity index (χ2v) is 7.46. The normalized spacial score (nSPS) is 13.2. The molecule has 0 unspecified atom stereocenters. The van der Waals surface area contributed by atoms with Gasteiger partial charge >= 0.3 is 0 Å². The Bertz CT molecular complexity index is 942. The van der Waals surface area contributed by atoms with Crippen molar-refractivity contribution in [3.8, 4) is 0 Å². The molecule has 0 aromatic heterocycles. The van der Waals surface area contributed by atoms with E-state index in [1.165, 1.54) is 22.3 Å². The van der Waals surface area contributed by atoms with E-state index < -0.39 is 0 Å². The Balaban J connectivity index is 1.63. The van der Waals surface area contributed by atoms with Crippen LogP contribution in [0.15, 0.2) is 132 Å². The van der Waals surface area contributed by atoms with Crippen LogP contribution in [0.25, 0.3) is 0 Å². The molecule has 0 heterocycles. The zero-order valence-electron chi connectivity index (χ0n) is 17.0. The molecule has 0 saturated carbocycles. The van der Waals surface area contributed by atoms with Crippen LogP contribution in [0.1, 0.15) is 34.3 Å². The van der Waals surface area contributed by atoms with Crippen molar-refractivity contribution in [3.05, 3.63) is 144 Å². The Morgan fingerprint density at radius 1 is 0.400 bits per heavy atom. The number of nitrogens with zero attached hydrogens (tertiary/aromatic N) is 2. The van der Waals surface area contributed by atoms with E-state index in [9.17, 15) is 0 Å². The molecular weight excluding hydrogens is 364 g/mol. The lowest BCUT2D eigenvalue weighted by Crippen LogP contribution is -2.03. The standard InChI is InChI=1S/C28H26N2/c1-5-13-23(14-6-1)21-27(25-17-9-3-10-18-25)29-30-28(26-19-11-4-12-20-26)22-24-15-7-2-8-16-24/h1-20,27-28H,21-22H2/t27-,28-/m1/s1. The third-order valence-electron chi connectivity index (χ3n) is 5.26. The smallest absolute Gasteiger partial charge is 0.0998 e. The maximum absolute atomic E-state index is 4.89. The highest BCUT2D eigenvalue weighted by molar-refractivity contribution is 5.25. The van der Waals surface area contributed by atoms with E-state index in [4.69, 9.17) is 10.2 Å². The monoisotopic (exact) mass is 390 g/mol. The third-order valence-corrected chi connectivity index (χ3v) is 5.26. The molecule has 0 bridgehead atoms. The lowest BCUT2D eigenvalue weighted by Gasteiger charge is -2.16. The van der Waals surface area contributed by atoms with E-state index in [2.05, 4.69) is 97.1 Å². The molecule has 4 rings (SSSR count). The van der Waals surface area contributed by atoms with Gasteiger partial charge in [0.05, 0.1) is 12.1 Å². The molecule has 0 fully saturated rings. The number of benzene rings is 4. The second-order valence-electron chi connectivity index (χ2n) is 7.46. The van der Waals surface area contributed by atoms with Gasteiger partial charge in [0, 0.05) is 12.8 Å². The fourth-order valence-electron chi connectivity index (χ4n) is 3.64. The maximum Gasteiger partial charge on any atom is 0.0998 e. The van der Waals surface area contributed by atoms with Crippen LogP contribution >= 0.6 is 0 Å². The van der Waals surface area contributed by atoms with Gasteiger partial charge in [-0.15, -0.1) is 0 Å². The summed E-state index contributed by atoms with van der Waals surface area (Å²) < 4.78 is 0. The first-order valence-corrected chi connectivity index (χ1v) is 10.5. The number of azo groups is 1. The first-order valence-electron chi connectivity index (χ1n) is 10.5. The molecule has 0 saturated heterocycles. The second kappa shape index (κ2) is 10.3. The summed E-state index contributed by atoms with van der Waals surface area (Å²) in [4.78, 5) is 0. The zero-order valence-corrected chi connectivity index (χ0v) is 17.0. The lowest BCUT2D eigenvalue weighted by molar-refractivity contribution is 0.595. The van der Waals surface area contributed by atoms with Crippen LogP contribution in [0.2, 0.25) is 0 Å². The van der Waals surface area contributed by atoms with E-state index in [-0.39, 0.29) is 12.1 Å². The van der Waals surface area contributed by atoms with E-state index in [1.807, 2.05) is 24.3 Å². The van der Waals surface area contributed by atoms with Crippen LogP contribution in [0.4, 0.5) is 0 Å². The van der Waals surface area contributed by atoms with Crippen LogP contribution in [0, 0.1) is 0 Å². The van der Waals surface area contributed by atoms with Crippen LogP contribution < -0.4 is 0 Å². The Kier molecular flexibility index (Phi) is 6.80. The van der Waals surface area contributed by atoms with Crippen LogP contribution in [-0.2, 0) is 12.8 Å². The Morgan fingerprint density at radius 2 is 0.700 bits per heavy atom. The van der Waals surface area contributed by atoms with Crippen molar-refractivity contribution in [3.63, 3.8) is 0 Å². The molecule has 30 heavy (non-hydrogen) atoms. The molecule has 0 aliphatic carbocycles. The molecule has 0 radical (unpaired) electrons. The molecule has 2 atom stereocenters. The predicted octanol–water partition coefficient (Wildman–Crippen LogP) is 7.41. The summed E-state index contributed by atoms with van der Waals surface area (Å²) in [6, 6.07) is 42.0. The predicted molar refractivity (Wildman–Crippen MR) is 124 cm³/mol. The molecule has 0 N–H and O–H groups in total. The summed E-state index contributed by atoms with van der Waals surface area (Å²) in [5.74, 6) is 0. The summed E-state index contributed by atoms with van der Waals surface area (Å²) in [6.07, 6.45) is 1.67. The number of rotatable bonds is 8. The van der Waals surface area contributed by atoms with Gasteiger partial charge in [0.1, 0.15) is 0 Å². The minimum Gasteiger partial charge on any atom is -0.185 e.